The van der Waals surface area contributed by atoms with Gasteiger partial charge in [-0.15, -0.1) is 0 Å². The number of aromatic nitrogens is 1. The van der Waals surface area contributed by atoms with Gasteiger partial charge in [-0.3, -0.25) is 0 Å². The van der Waals surface area contributed by atoms with Crippen LogP contribution in [0.1, 0.15) is 12.5 Å². The van der Waals surface area contributed by atoms with Crippen molar-refractivity contribution in [3.8, 4) is 45.4 Å². The van der Waals surface area contributed by atoms with E-state index in [9.17, 15) is 0 Å². The van der Waals surface area contributed by atoms with E-state index in [1.807, 2.05) is 38.1 Å². The average Bonchev–Trinajstić information content (AvgIpc) is 3.21. The number of rotatable bonds is 8. The molecule has 0 bridgehead atoms. The third-order valence-corrected chi connectivity index (χ3v) is 4.25. The molecule has 0 radical (unpaired) electrons. The standard InChI is InChI=1S/C21H23NO6/c1-6-27-28-18-10-14(7-8-17(18)23-3)16-12-26-22-20(16)15-9-13(2)21(25-5)19(11-15)24-4/h7-12H,6H2,1-5H3. The summed E-state index contributed by atoms with van der Waals surface area (Å²) in [5.41, 5.74) is 4.11. The first-order valence-corrected chi connectivity index (χ1v) is 8.78. The Bertz CT molecular complexity index is 950. The van der Waals surface area contributed by atoms with Crippen molar-refractivity contribution in [3.05, 3.63) is 42.2 Å². The van der Waals surface area contributed by atoms with Gasteiger partial charge in [-0.25, -0.2) is 0 Å². The molecular weight excluding hydrogens is 362 g/mol. The lowest BCUT2D eigenvalue weighted by molar-refractivity contribution is -0.202. The Balaban J connectivity index is 2.07. The molecule has 0 aliphatic carbocycles. The number of nitrogens with zero attached hydrogens (tertiary/aromatic N) is 1. The first kappa shape index (κ1) is 19.6. The van der Waals surface area contributed by atoms with Gasteiger partial charge in [0.25, 0.3) is 0 Å². The van der Waals surface area contributed by atoms with Crippen molar-refractivity contribution in [1.29, 1.82) is 0 Å². The van der Waals surface area contributed by atoms with Crippen molar-refractivity contribution in [3.63, 3.8) is 0 Å². The zero-order valence-electron chi connectivity index (χ0n) is 16.6. The van der Waals surface area contributed by atoms with E-state index in [4.69, 9.17) is 28.5 Å². The largest absolute Gasteiger partial charge is 0.493 e. The van der Waals surface area contributed by atoms with Crippen molar-refractivity contribution in [2.24, 2.45) is 0 Å². The van der Waals surface area contributed by atoms with Gasteiger partial charge in [0, 0.05) is 11.1 Å². The second-order valence-corrected chi connectivity index (χ2v) is 5.96. The van der Waals surface area contributed by atoms with Crippen molar-refractivity contribution in [2.45, 2.75) is 13.8 Å². The van der Waals surface area contributed by atoms with E-state index in [0.29, 0.717) is 35.3 Å². The number of methoxy groups -OCH3 is 3. The highest BCUT2D eigenvalue weighted by Crippen LogP contribution is 2.40. The van der Waals surface area contributed by atoms with Crippen LogP contribution in [0, 0.1) is 6.92 Å². The van der Waals surface area contributed by atoms with Crippen LogP contribution in [-0.2, 0) is 4.89 Å². The second kappa shape index (κ2) is 8.67. The monoisotopic (exact) mass is 385 g/mol. The maximum atomic E-state index is 5.46. The predicted molar refractivity (Wildman–Crippen MR) is 104 cm³/mol. The number of hydrogen-bond donors (Lipinski definition) is 0. The summed E-state index contributed by atoms with van der Waals surface area (Å²) in [5.74, 6) is 2.35. The van der Waals surface area contributed by atoms with Gasteiger partial charge in [0.05, 0.1) is 27.9 Å². The van der Waals surface area contributed by atoms with Crippen LogP contribution in [0.3, 0.4) is 0 Å². The molecule has 3 aromatic rings. The van der Waals surface area contributed by atoms with E-state index in [0.717, 1.165) is 22.3 Å². The van der Waals surface area contributed by atoms with Gasteiger partial charge in [0.1, 0.15) is 12.0 Å². The third-order valence-electron chi connectivity index (χ3n) is 4.25. The zero-order chi connectivity index (χ0) is 20.1. The normalized spacial score (nSPS) is 10.6. The third kappa shape index (κ3) is 3.75. The number of ether oxygens (including phenoxy) is 3. The molecule has 0 aliphatic rings. The lowest BCUT2D eigenvalue weighted by Gasteiger charge is -2.13. The van der Waals surface area contributed by atoms with Crippen molar-refractivity contribution < 1.29 is 28.5 Å². The molecule has 0 atom stereocenters. The topological polar surface area (TPSA) is 72.2 Å². The summed E-state index contributed by atoms with van der Waals surface area (Å²) < 4.78 is 21.5. The van der Waals surface area contributed by atoms with E-state index < -0.39 is 0 Å². The van der Waals surface area contributed by atoms with Crippen LogP contribution in [0.15, 0.2) is 41.1 Å². The van der Waals surface area contributed by atoms with Crippen LogP contribution in [0.5, 0.6) is 23.0 Å². The zero-order valence-corrected chi connectivity index (χ0v) is 16.6. The quantitative estimate of drug-likeness (QED) is 0.412. The maximum absolute atomic E-state index is 5.46. The summed E-state index contributed by atoms with van der Waals surface area (Å²) in [5, 5.41) is 4.19. The minimum absolute atomic E-state index is 0.414. The van der Waals surface area contributed by atoms with Crippen LogP contribution in [0.4, 0.5) is 0 Å². The first-order chi connectivity index (χ1) is 13.6. The smallest absolute Gasteiger partial charge is 0.207 e. The Morgan fingerprint density at radius 3 is 2.32 bits per heavy atom. The number of aryl methyl sites for hydroxylation is 1. The van der Waals surface area contributed by atoms with E-state index in [1.165, 1.54) is 0 Å². The molecule has 7 nitrogen and oxygen atoms in total. The molecule has 0 fully saturated rings. The fraction of sp³-hybridized carbons (Fsp3) is 0.286. The summed E-state index contributed by atoms with van der Waals surface area (Å²) in [6, 6.07) is 9.37. The molecule has 0 spiro atoms. The van der Waals surface area contributed by atoms with Gasteiger partial charge in [-0.05, 0) is 49.2 Å². The molecule has 28 heavy (non-hydrogen) atoms. The second-order valence-electron chi connectivity index (χ2n) is 5.96. The summed E-state index contributed by atoms with van der Waals surface area (Å²) in [7, 11) is 4.79. The van der Waals surface area contributed by atoms with Crippen LogP contribution in [-0.4, -0.2) is 33.1 Å². The maximum Gasteiger partial charge on any atom is 0.207 e. The van der Waals surface area contributed by atoms with Gasteiger partial charge in [-0.1, -0.05) is 11.2 Å². The van der Waals surface area contributed by atoms with Crippen LogP contribution >= 0.6 is 0 Å². The summed E-state index contributed by atoms with van der Waals surface area (Å²) >= 11 is 0. The highest BCUT2D eigenvalue weighted by atomic mass is 17.2. The molecule has 1 aromatic heterocycles. The number of benzene rings is 2. The molecule has 3 rings (SSSR count). The fourth-order valence-corrected chi connectivity index (χ4v) is 2.97. The minimum atomic E-state index is 0.414. The van der Waals surface area contributed by atoms with E-state index in [2.05, 4.69) is 5.16 Å². The molecule has 2 aromatic carbocycles. The van der Waals surface area contributed by atoms with Crippen molar-refractivity contribution in [2.75, 3.05) is 27.9 Å². The lowest BCUT2D eigenvalue weighted by Crippen LogP contribution is -1.98. The van der Waals surface area contributed by atoms with Gasteiger partial charge >= 0.3 is 0 Å². The van der Waals surface area contributed by atoms with Crippen LogP contribution < -0.4 is 19.1 Å². The van der Waals surface area contributed by atoms with E-state index in [-0.39, 0.29) is 0 Å². The van der Waals surface area contributed by atoms with Crippen molar-refractivity contribution >= 4 is 0 Å². The van der Waals surface area contributed by atoms with Gasteiger partial charge in [0.15, 0.2) is 17.2 Å². The van der Waals surface area contributed by atoms with Gasteiger partial charge in [-0.2, -0.15) is 4.89 Å². The summed E-state index contributed by atoms with van der Waals surface area (Å²) in [6.07, 6.45) is 1.59. The molecular formula is C21H23NO6. The molecule has 0 unspecified atom stereocenters. The lowest BCUT2D eigenvalue weighted by atomic mass is 9.99. The minimum Gasteiger partial charge on any atom is -0.493 e. The van der Waals surface area contributed by atoms with Gasteiger partial charge < -0.3 is 23.6 Å². The Hall–Kier alpha value is -3.19. The fourth-order valence-electron chi connectivity index (χ4n) is 2.97. The van der Waals surface area contributed by atoms with E-state index >= 15 is 0 Å². The molecule has 0 amide bonds. The number of hydrogen-bond acceptors (Lipinski definition) is 7. The van der Waals surface area contributed by atoms with Crippen LogP contribution in [0.2, 0.25) is 0 Å². The first-order valence-electron chi connectivity index (χ1n) is 8.78. The average molecular weight is 385 g/mol. The Morgan fingerprint density at radius 2 is 1.64 bits per heavy atom. The predicted octanol–water partition coefficient (Wildman–Crippen LogP) is 4.67. The highest BCUT2D eigenvalue weighted by Gasteiger charge is 2.18. The highest BCUT2D eigenvalue weighted by molar-refractivity contribution is 5.82. The Kier molecular flexibility index (Phi) is 6.06. The van der Waals surface area contributed by atoms with E-state index in [1.54, 1.807) is 33.7 Å². The molecule has 0 saturated heterocycles. The van der Waals surface area contributed by atoms with Gasteiger partial charge in [0.2, 0.25) is 5.75 Å². The molecule has 7 heteroatoms. The molecule has 148 valence electrons. The van der Waals surface area contributed by atoms with Crippen LogP contribution in [0.25, 0.3) is 22.4 Å². The molecule has 0 N–H and O–H groups in total. The summed E-state index contributed by atoms with van der Waals surface area (Å²) in [4.78, 5) is 10.4. The Labute approximate surface area is 163 Å². The SMILES string of the molecule is CCOOc1cc(-c2conc2-c2cc(C)c(OC)c(OC)c2)ccc1OC. The van der Waals surface area contributed by atoms with Crippen molar-refractivity contribution in [1.82, 2.24) is 5.16 Å². The molecule has 0 aliphatic heterocycles. The molecule has 1 heterocycles. The Morgan fingerprint density at radius 1 is 0.893 bits per heavy atom. The summed E-state index contributed by atoms with van der Waals surface area (Å²) in [6.45, 7) is 4.21. The molecule has 0 saturated carbocycles.